The maximum atomic E-state index is 12.4. The molecule has 3 nitrogen and oxygen atoms in total. The summed E-state index contributed by atoms with van der Waals surface area (Å²) in [5.74, 6) is 0. The molecule has 0 bridgehead atoms. The highest BCUT2D eigenvalue weighted by molar-refractivity contribution is 9.10. The Bertz CT molecular complexity index is 451. The van der Waals surface area contributed by atoms with Crippen LogP contribution in [0, 0.1) is 0 Å². The van der Waals surface area contributed by atoms with Crippen LogP contribution in [0.25, 0.3) is 0 Å². The third-order valence-electron chi connectivity index (χ3n) is 1.31. The molecule has 0 unspecified atom stereocenters. The SMILES string of the molecule is O=S(=O)(Cl)c1ncc(Br)cc1C(F)F. The molecule has 0 N–H and O–H groups in total. The average molecular weight is 307 g/mol. The van der Waals surface area contributed by atoms with Gasteiger partial charge in [0.05, 0.1) is 5.56 Å². The average Bonchev–Trinajstić information content (AvgIpc) is 2.01. The van der Waals surface area contributed by atoms with E-state index in [1.807, 2.05) is 0 Å². The number of pyridine rings is 1. The molecule has 0 radical (unpaired) electrons. The molecule has 78 valence electrons. The summed E-state index contributed by atoms with van der Waals surface area (Å²) in [7, 11) is 0.686. The van der Waals surface area contributed by atoms with E-state index in [0.717, 1.165) is 12.3 Å². The molecule has 1 rings (SSSR count). The van der Waals surface area contributed by atoms with Gasteiger partial charge in [-0.05, 0) is 22.0 Å². The van der Waals surface area contributed by atoms with E-state index in [9.17, 15) is 17.2 Å². The number of hydrogen-bond donors (Lipinski definition) is 0. The molecule has 0 aliphatic carbocycles. The van der Waals surface area contributed by atoms with Gasteiger partial charge in [-0.2, -0.15) is 0 Å². The van der Waals surface area contributed by atoms with Crippen molar-refractivity contribution in [3.63, 3.8) is 0 Å². The number of rotatable bonds is 2. The fourth-order valence-corrected chi connectivity index (χ4v) is 2.15. The molecule has 0 saturated heterocycles. The van der Waals surface area contributed by atoms with Crippen LogP contribution in [-0.2, 0) is 9.05 Å². The van der Waals surface area contributed by atoms with Crippen LogP contribution < -0.4 is 0 Å². The maximum Gasteiger partial charge on any atom is 0.279 e. The van der Waals surface area contributed by atoms with Crippen molar-refractivity contribution in [3.8, 4) is 0 Å². The lowest BCUT2D eigenvalue weighted by atomic mass is 10.3. The number of hydrogen-bond acceptors (Lipinski definition) is 3. The molecule has 0 amide bonds. The van der Waals surface area contributed by atoms with Gasteiger partial charge in [0.1, 0.15) is 0 Å². The maximum absolute atomic E-state index is 12.4. The van der Waals surface area contributed by atoms with Gasteiger partial charge >= 0.3 is 0 Å². The normalized spacial score (nSPS) is 12.1. The van der Waals surface area contributed by atoms with E-state index in [2.05, 4.69) is 20.9 Å². The minimum absolute atomic E-state index is 0.261. The van der Waals surface area contributed by atoms with Gasteiger partial charge in [-0.3, -0.25) is 0 Å². The van der Waals surface area contributed by atoms with Crippen molar-refractivity contribution in [2.24, 2.45) is 0 Å². The second-order valence-electron chi connectivity index (χ2n) is 2.29. The lowest BCUT2D eigenvalue weighted by Gasteiger charge is -2.04. The lowest BCUT2D eigenvalue weighted by molar-refractivity contribution is 0.147. The minimum Gasteiger partial charge on any atom is -0.242 e. The zero-order valence-electron chi connectivity index (χ0n) is 6.42. The molecule has 0 spiro atoms. The zero-order chi connectivity index (χ0) is 10.9. The van der Waals surface area contributed by atoms with Crippen molar-refractivity contribution in [1.82, 2.24) is 4.98 Å². The summed E-state index contributed by atoms with van der Waals surface area (Å²) in [4.78, 5) is 3.32. The standard InChI is InChI=1S/C6H3BrClF2NO2S/c7-3-1-4(5(9)10)6(11-2-3)14(8,12)13/h1-2,5H. The minimum atomic E-state index is -4.23. The Kier molecular flexibility index (Phi) is 3.44. The third kappa shape index (κ3) is 2.61. The number of aromatic nitrogens is 1. The van der Waals surface area contributed by atoms with E-state index >= 15 is 0 Å². The summed E-state index contributed by atoms with van der Waals surface area (Å²) < 4.78 is 46.6. The Morgan fingerprint density at radius 3 is 2.50 bits per heavy atom. The molecule has 0 aliphatic heterocycles. The van der Waals surface area contributed by atoms with Crippen LogP contribution in [0.5, 0.6) is 0 Å². The van der Waals surface area contributed by atoms with Gasteiger partial charge in [0.15, 0.2) is 5.03 Å². The summed E-state index contributed by atoms with van der Waals surface area (Å²) >= 11 is 2.90. The fraction of sp³-hybridized carbons (Fsp3) is 0.167. The molecule has 1 aromatic heterocycles. The van der Waals surface area contributed by atoms with E-state index in [1.54, 1.807) is 0 Å². The van der Waals surface area contributed by atoms with E-state index < -0.39 is 26.1 Å². The van der Waals surface area contributed by atoms with Gasteiger partial charge in [0.25, 0.3) is 15.5 Å². The van der Waals surface area contributed by atoms with E-state index in [4.69, 9.17) is 10.7 Å². The van der Waals surface area contributed by atoms with Gasteiger partial charge in [0.2, 0.25) is 0 Å². The van der Waals surface area contributed by atoms with E-state index in [1.165, 1.54) is 0 Å². The van der Waals surface area contributed by atoms with E-state index in [-0.39, 0.29) is 4.47 Å². The van der Waals surface area contributed by atoms with Crippen LogP contribution in [0.1, 0.15) is 12.0 Å². The van der Waals surface area contributed by atoms with Crippen LogP contribution in [0.3, 0.4) is 0 Å². The van der Waals surface area contributed by atoms with Crippen molar-refractivity contribution in [2.45, 2.75) is 11.5 Å². The van der Waals surface area contributed by atoms with Crippen molar-refractivity contribution >= 4 is 35.7 Å². The summed E-state index contributed by atoms with van der Waals surface area (Å²) in [5.41, 5.74) is -0.714. The monoisotopic (exact) mass is 305 g/mol. The first kappa shape index (κ1) is 11.8. The summed E-state index contributed by atoms with van der Waals surface area (Å²) in [6.07, 6.45) is -1.86. The first-order valence-electron chi connectivity index (χ1n) is 3.20. The predicted octanol–water partition coefficient (Wildman–Crippen LogP) is 2.71. The van der Waals surface area contributed by atoms with Crippen molar-refractivity contribution in [3.05, 3.63) is 22.3 Å². The van der Waals surface area contributed by atoms with Crippen molar-refractivity contribution < 1.29 is 17.2 Å². The van der Waals surface area contributed by atoms with Crippen LogP contribution >= 0.6 is 26.6 Å². The second-order valence-corrected chi connectivity index (χ2v) is 5.68. The van der Waals surface area contributed by atoms with Gasteiger partial charge in [0, 0.05) is 21.4 Å². The topological polar surface area (TPSA) is 47.0 Å². The lowest BCUT2D eigenvalue weighted by Crippen LogP contribution is -2.01. The Balaban J connectivity index is 3.45. The molecular weight excluding hydrogens is 303 g/mol. The fourth-order valence-electron chi connectivity index (χ4n) is 0.802. The molecule has 0 aromatic carbocycles. The zero-order valence-corrected chi connectivity index (χ0v) is 9.57. The highest BCUT2D eigenvalue weighted by Crippen LogP contribution is 2.29. The van der Waals surface area contributed by atoms with Crippen molar-refractivity contribution in [1.29, 1.82) is 0 Å². The number of alkyl halides is 2. The molecule has 8 heteroatoms. The second kappa shape index (κ2) is 4.08. The molecule has 1 heterocycles. The predicted molar refractivity (Wildman–Crippen MR) is 49.9 cm³/mol. The van der Waals surface area contributed by atoms with Crippen molar-refractivity contribution in [2.75, 3.05) is 0 Å². The molecule has 1 aromatic rings. The smallest absolute Gasteiger partial charge is 0.242 e. The molecule has 0 saturated carbocycles. The van der Waals surface area contributed by atoms with Gasteiger partial charge < -0.3 is 0 Å². The Morgan fingerprint density at radius 2 is 2.07 bits per heavy atom. The Hall–Kier alpha value is -0.270. The quantitative estimate of drug-likeness (QED) is 0.789. The molecule has 14 heavy (non-hydrogen) atoms. The number of nitrogens with zero attached hydrogens (tertiary/aromatic N) is 1. The summed E-state index contributed by atoms with van der Waals surface area (Å²) in [6.45, 7) is 0. The molecule has 0 fully saturated rings. The Morgan fingerprint density at radius 1 is 1.50 bits per heavy atom. The van der Waals surface area contributed by atoms with Gasteiger partial charge in [-0.25, -0.2) is 22.2 Å². The molecule has 0 atom stereocenters. The van der Waals surface area contributed by atoms with Crippen LogP contribution in [0.2, 0.25) is 0 Å². The Labute approximate surface area is 91.6 Å². The largest absolute Gasteiger partial charge is 0.279 e. The van der Waals surface area contributed by atoms with Gasteiger partial charge in [-0.1, -0.05) is 0 Å². The highest BCUT2D eigenvalue weighted by Gasteiger charge is 2.23. The van der Waals surface area contributed by atoms with Gasteiger partial charge in [-0.15, -0.1) is 0 Å². The van der Waals surface area contributed by atoms with Crippen LogP contribution in [0.4, 0.5) is 8.78 Å². The van der Waals surface area contributed by atoms with Crippen LogP contribution in [-0.4, -0.2) is 13.4 Å². The summed E-state index contributed by atoms with van der Waals surface area (Å²) in [6, 6.07) is 0.965. The third-order valence-corrected chi connectivity index (χ3v) is 2.99. The first-order valence-corrected chi connectivity index (χ1v) is 6.31. The molecule has 0 aliphatic rings. The summed E-state index contributed by atoms with van der Waals surface area (Å²) in [5, 5.41) is -0.808. The molecular formula is C6H3BrClF2NO2S. The first-order chi connectivity index (χ1) is 6.32. The van der Waals surface area contributed by atoms with Crippen LogP contribution in [0.15, 0.2) is 21.8 Å². The highest BCUT2D eigenvalue weighted by atomic mass is 79.9. The van der Waals surface area contributed by atoms with E-state index in [0.29, 0.717) is 0 Å². The number of halogens is 4.